The molecule has 2 N–H and O–H groups in total. The molecular formula is C8H12FNO. The molecule has 1 atom stereocenters. The van der Waals surface area contributed by atoms with Crippen LogP contribution in [0.2, 0.25) is 0 Å². The number of alkyl halides is 1. The van der Waals surface area contributed by atoms with Gasteiger partial charge in [-0.15, -0.1) is 0 Å². The minimum atomic E-state index is -1.32. The Morgan fingerprint density at radius 3 is 2.91 bits per heavy atom. The van der Waals surface area contributed by atoms with E-state index in [1.54, 1.807) is 6.07 Å². The molecule has 11 heavy (non-hydrogen) atoms. The second kappa shape index (κ2) is 3.05. The Morgan fingerprint density at radius 2 is 2.45 bits per heavy atom. The fourth-order valence-electron chi connectivity index (χ4n) is 0.891. The summed E-state index contributed by atoms with van der Waals surface area (Å²) in [6, 6.07) is 1.74. The van der Waals surface area contributed by atoms with E-state index in [4.69, 9.17) is 10.2 Å². The summed E-state index contributed by atoms with van der Waals surface area (Å²) < 4.78 is 18.0. The molecule has 1 aromatic heterocycles. The van der Waals surface area contributed by atoms with Crippen LogP contribution in [0.15, 0.2) is 23.0 Å². The number of nitrogens with two attached hydrogens (primary N) is 1. The lowest BCUT2D eigenvalue weighted by Crippen LogP contribution is -2.31. The van der Waals surface area contributed by atoms with Gasteiger partial charge < -0.3 is 10.2 Å². The largest absolute Gasteiger partial charge is 0.472 e. The summed E-state index contributed by atoms with van der Waals surface area (Å²) in [5.74, 6) is 0. The summed E-state index contributed by atoms with van der Waals surface area (Å²) in [6.07, 6.45) is 3.38. The Morgan fingerprint density at radius 1 is 1.73 bits per heavy atom. The van der Waals surface area contributed by atoms with Gasteiger partial charge in [-0.3, -0.25) is 0 Å². The zero-order valence-electron chi connectivity index (χ0n) is 6.51. The maximum absolute atomic E-state index is 13.2. The Kier molecular flexibility index (Phi) is 2.29. The van der Waals surface area contributed by atoms with Crippen molar-refractivity contribution in [1.82, 2.24) is 0 Å². The van der Waals surface area contributed by atoms with E-state index in [9.17, 15) is 4.39 Å². The van der Waals surface area contributed by atoms with Crippen LogP contribution in [0.4, 0.5) is 4.39 Å². The van der Waals surface area contributed by atoms with Gasteiger partial charge in [0.25, 0.3) is 0 Å². The van der Waals surface area contributed by atoms with E-state index < -0.39 is 5.67 Å². The van der Waals surface area contributed by atoms with Crippen molar-refractivity contribution in [3.05, 3.63) is 24.2 Å². The number of hydrogen-bond acceptors (Lipinski definition) is 2. The molecule has 0 aliphatic heterocycles. The van der Waals surface area contributed by atoms with Crippen molar-refractivity contribution < 1.29 is 8.81 Å². The van der Waals surface area contributed by atoms with Crippen LogP contribution in [0.1, 0.15) is 12.5 Å². The Balaban J connectivity index is 2.56. The predicted molar refractivity (Wildman–Crippen MR) is 41.0 cm³/mol. The van der Waals surface area contributed by atoms with E-state index in [2.05, 4.69) is 0 Å². The van der Waals surface area contributed by atoms with Crippen molar-refractivity contribution in [2.45, 2.75) is 19.0 Å². The zero-order chi connectivity index (χ0) is 8.32. The van der Waals surface area contributed by atoms with Gasteiger partial charge in [-0.25, -0.2) is 4.39 Å². The van der Waals surface area contributed by atoms with Crippen molar-refractivity contribution in [2.75, 3.05) is 6.54 Å². The summed E-state index contributed by atoms with van der Waals surface area (Å²) in [5, 5.41) is 0. The van der Waals surface area contributed by atoms with Gasteiger partial charge in [0.2, 0.25) is 0 Å². The van der Waals surface area contributed by atoms with Crippen LogP contribution in [0.3, 0.4) is 0 Å². The third-order valence-corrected chi connectivity index (χ3v) is 1.58. The molecule has 0 bridgehead atoms. The van der Waals surface area contributed by atoms with Crippen LogP contribution in [0, 0.1) is 0 Å². The minimum Gasteiger partial charge on any atom is -0.472 e. The second-order valence-corrected chi connectivity index (χ2v) is 2.93. The predicted octanol–water partition coefficient (Wildman–Crippen LogP) is 1.51. The summed E-state index contributed by atoms with van der Waals surface area (Å²) in [5.41, 5.74) is 4.75. The number of furan rings is 1. The quantitative estimate of drug-likeness (QED) is 0.722. The smallest absolute Gasteiger partial charge is 0.124 e. The fraction of sp³-hybridized carbons (Fsp3) is 0.500. The molecule has 1 rings (SSSR count). The standard InChI is InChI=1S/C8H12FNO/c1-8(9,6-10)4-7-2-3-11-5-7/h2-3,5H,4,6,10H2,1H3. The first-order chi connectivity index (χ1) is 5.14. The summed E-state index contributed by atoms with van der Waals surface area (Å²) in [6.45, 7) is 1.53. The lowest BCUT2D eigenvalue weighted by atomic mass is 10.0. The van der Waals surface area contributed by atoms with Gasteiger partial charge in [0.1, 0.15) is 5.67 Å². The van der Waals surface area contributed by atoms with E-state index in [-0.39, 0.29) is 6.54 Å². The van der Waals surface area contributed by atoms with Crippen molar-refractivity contribution in [1.29, 1.82) is 0 Å². The molecular weight excluding hydrogens is 145 g/mol. The normalized spacial score (nSPS) is 16.3. The van der Waals surface area contributed by atoms with E-state index in [1.807, 2.05) is 0 Å². The van der Waals surface area contributed by atoms with Gasteiger partial charge in [0, 0.05) is 13.0 Å². The highest BCUT2D eigenvalue weighted by Gasteiger charge is 2.21. The van der Waals surface area contributed by atoms with Gasteiger partial charge in [0.05, 0.1) is 12.5 Å². The molecule has 62 valence electrons. The lowest BCUT2D eigenvalue weighted by molar-refractivity contribution is 0.199. The van der Waals surface area contributed by atoms with Crippen LogP contribution in [0.5, 0.6) is 0 Å². The average Bonchev–Trinajstić information content (AvgIpc) is 2.39. The van der Waals surface area contributed by atoms with E-state index in [1.165, 1.54) is 19.5 Å². The molecule has 1 heterocycles. The molecule has 2 nitrogen and oxygen atoms in total. The molecule has 0 aromatic carbocycles. The van der Waals surface area contributed by atoms with Crippen LogP contribution >= 0.6 is 0 Å². The molecule has 0 aliphatic rings. The molecule has 0 saturated carbocycles. The Hall–Kier alpha value is -0.830. The Bertz CT molecular complexity index is 206. The van der Waals surface area contributed by atoms with Gasteiger partial charge in [-0.2, -0.15) is 0 Å². The topological polar surface area (TPSA) is 39.2 Å². The van der Waals surface area contributed by atoms with E-state index >= 15 is 0 Å². The number of rotatable bonds is 3. The first kappa shape index (κ1) is 8.27. The zero-order valence-corrected chi connectivity index (χ0v) is 6.51. The highest BCUT2D eigenvalue weighted by atomic mass is 19.1. The first-order valence-electron chi connectivity index (χ1n) is 3.54. The van der Waals surface area contributed by atoms with Gasteiger partial charge in [-0.05, 0) is 18.6 Å². The monoisotopic (exact) mass is 157 g/mol. The maximum atomic E-state index is 13.2. The minimum absolute atomic E-state index is 0.0399. The SMILES string of the molecule is CC(F)(CN)Cc1ccoc1. The summed E-state index contributed by atoms with van der Waals surface area (Å²) >= 11 is 0. The fourth-order valence-corrected chi connectivity index (χ4v) is 0.891. The van der Waals surface area contributed by atoms with Crippen molar-refractivity contribution >= 4 is 0 Å². The van der Waals surface area contributed by atoms with E-state index in [0.29, 0.717) is 6.42 Å². The van der Waals surface area contributed by atoms with Crippen molar-refractivity contribution in [3.8, 4) is 0 Å². The third-order valence-electron chi connectivity index (χ3n) is 1.58. The molecule has 1 aromatic rings. The first-order valence-corrected chi connectivity index (χ1v) is 3.54. The van der Waals surface area contributed by atoms with Crippen LogP contribution in [0.25, 0.3) is 0 Å². The summed E-state index contributed by atoms with van der Waals surface area (Å²) in [7, 11) is 0. The molecule has 0 fully saturated rings. The van der Waals surface area contributed by atoms with Crippen LogP contribution in [-0.2, 0) is 6.42 Å². The van der Waals surface area contributed by atoms with Gasteiger partial charge >= 0.3 is 0 Å². The second-order valence-electron chi connectivity index (χ2n) is 2.93. The van der Waals surface area contributed by atoms with Crippen LogP contribution in [-0.4, -0.2) is 12.2 Å². The van der Waals surface area contributed by atoms with Crippen molar-refractivity contribution in [3.63, 3.8) is 0 Å². The summed E-state index contributed by atoms with van der Waals surface area (Å²) in [4.78, 5) is 0. The van der Waals surface area contributed by atoms with Crippen molar-refractivity contribution in [2.24, 2.45) is 5.73 Å². The maximum Gasteiger partial charge on any atom is 0.124 e. The molecule has 0 spiro atoms. The number of halogens is 1. The Labute approximate surface area is 65.2 Å². The third kappa shape index (κ3) is 2.35. The van der Waals surface area contributed by atoms with Gasteiger partial charge in [0.15, 0.2) is 0 Å². The van der Waals surface area contributed by atoms with E-state index in [0.717, 1.165) is 5.56 Å². The molecule has 3 heteroatoms. The molecule has 0 amide bonds. The number of hydrogen-bond donors (Lipinski definition) is 1. The molecule has 0 radical (unpaired) electrons. The molecule has 1 unspecified atom stereocenters. The highest BCUT2D eigenvalue weighted by molar-refractivity contribution is 5.09. The molecule has 0 saturated heterocycles. The highest BCUT2D eigenvalue weighted by Crippen LogP contribution is 2.15. The van der Waals surface area contributed by atoms with Crippen LogP contribution < -0.4 is 5.73 Å². The van der Waals surface area contributed by atoms with Gasteiger partial charge in [-0.1, -0.05) is 0 Å². The average molecular weight is 157 g/mol. The lowest BCUT2D eigenvalue weighted by Gasteiger charge is -2.15. The molecule has 0 aliphatic carbocycles.